The van der Waals surface area contributed by atoms with Crippen LogP contribution in [0.2, 0.25) is 0 Å². The Morgan fingerprint density at radius 1 is 0.806 bits per heavy atom. The molecule has 1 amide bonds. The van der Waals surface area contributed by atoms with Crippen molar-refractivity contribution in [3.05, 3.63) is 114 Å². The van der Waals surface area contributed by atoms with Crippen LogP contribution in [-0.4, -0.2) is 59.0 Å². The molecule has 2 heterocycles. The summed E-state index contributed by atoms with van der Waals surface area (Å²) in [4.78, 5) is 29.5. The van der Waals surface area contributed by atoms with Gasteiger partial charge in [0.05, 0.1) is 5.69 Å². The van der Waals surface area contributed by atoms with Crippen LogP contribution in [0, 0.1) is 0 Å². The van der Waals surface area contributed by atoms with E-state index in [2.05, 4.69) is 4.98 Å². The van der Waals surface area contributed by atoms with Crippen LogP contribution in [0.3, 0.4) is 0 Å². The van der Waals surface area contributed by atoms with Crippen molar-refractivity contribution in [2.75, 3.05) is 0 Å². The van der Waals surface area contributed by atoms with E-state index in [9.17, 15) is 18.0 Å². The van der Waals surface area contributed by atoms with Gasteiger partial charge in [-0.1, -0.05) is 66.7 Å². The second-order valence-electron chi connectivity index (χ2n) is 7.32. The predicted octanol–water partition coefficient (Wildman–Crippen LogP) is 3.28. The number of aromatic nitrogens is 2. The van der Waals surface area contributed by atoms with Gasteiger partial charge in [-0.3, -0.25) is 4.98 Å². The van der Waals surface area contributed by atoms with E-state index in [1.54, 1.807) is 72.8 Å². The molecule has 4 aromatic rings. The molecule has 180 valence electrons. The Labute approximate surface area is 230 Å². The van der Waals surface area contributed by atoms with Crippen molar-refractivity contribution in [2.45, 2.75) is 13.2 Å². The van der Waals surface area contributed by atoms with Crippen LogP contribution in [-0.2, 0) is 32.9 Å². The van der Waals surface area contributed by atoms with Crippen LogP contribution in [0.5, 0.6) is 0 Å². The summed E-state index contributed by atoms with van der Waals surface area (Å²) in [5.74, 6) is -0.900. The number of carbonyl (C=O) groups excluding carboxylic acids is 2. The molecule has 0 bridgehead atoms. The molecule has 36 heavy (non-hydrogen) atoms. The van der Waals surface area contributed by atoms with Gasteiger partial charge in [0, 0.05) is 18.0 Å². The van der Waals surface area contributed by atoms with Gasteiger partial charge >= 0.3 is 51.8 Å². The van der Waals surface area contributed by atoms with E-state index in [0.29, 0.717) is 15.2 Å². The summed E-state index contributed by atoms with van der Waals surface area (Å²) in [5, 5.41) is 0. The van der Waals surface area contributed by atoms with Crippen molar-refractivity contribution in [1.29, 1.82) is 0 Å². The van der Waals surface area contributed by atoms with Crippen LogP contribution >= 0.6 is 0 Å². The van der Waals surface area contributed by atoms with Gasteiger partial charge in [0.1, 0.15) is 13.2 Å². The van der Waals surface area contributed by atoms with Gasteiger partial charge in [-0.05, 0) is 29.3 Å². The molecule has 0 aliphatic carbocycles. The molecule has 0 aliphatic heterocycles. The number of nitrogens with zero attached hydrogens (tertiary/aromatic N) is 2. The molecule has 0 saturated heterocycles. The first-order valence-corrected chi connectivity index (χ1v) is 12.0. The zero-order chi connectivity index (χ0) is 24.7. The van der Waals surface area contributed by atoms with Crippen molar-refractivity contribution < 1.29 is 27.5 Å². The monoisotopic (exact) mass is 515 g/mol. The number of amides is 1. The molecule has 0 atom stereocenters. The third-order valence-electron chi connectivity index (χ3n) is 4.88. The van der Waals surface area contributed by atoms with Crippen molar-refractivity contribution in [1.82, 2.24) is 13.7 Å². The normalized spacial score (nSPS) is 10.7. The number of nitrogens with one attached hydrogen (secondary N) is 1. The third-order valence-corrected chi connectivity index (χ3v) is 6.13. The van der Waals surface area contributed by atoms with Gasteiger partial charge < -0.3 is 9.47 Å². The minimum absolute atomic E-state index is 0. The van der Waals surface area contributed by atoms with Crippen molar-refractivity contribution >= 4 is 51.8 Å². The number of benzene rings is 2. The number of ether oxygens (including phenoxy) is 2. The summed E-state index contributed by atoms with van der Waals surface area (Å²) >= 11 is 0. The molecular weight excluding hydrogens is 493 g/mol. The zero-order valence-electron chi connectivity index (χ0n) is 18.4. The maximum absolute atomic E-state index is 13.1. The first-order chi connectivity index (χ1) is 16.9. The van der Waals surface area contributed by atoms with E-state index in [4.69, 9.17) is 9.47 Å². The molecule has 2 aromatic carbocycles. The molecule has 1 N–H and O–H groups in total. The molecular formula is C25H22N3NaO6S. The molecule has 0 unspecified atom stereocenters. The molecule has 0 fully saturated rings. The zero-order valence-corrected chi connectivity index (χ0v) is 19.2. The molecule has 4 rings (SSSR count). The van der Waals surface area contributed by atoms with Crippen molar-refractivity contribution in [2.24, 2.45) is 0 Å². The standard InChI is InChI=1S/C25H21N3O6S.Na.H/c29-24(33-17-19-9-3-1-4-10-19)23-21(22-13-7-8-15-26-22)14-16-28(23)35(31,32)27-25(30)34-18-20-11-5-2-6-12-20;;/h1-16H,17-18H2,(H,27,30);;. The fourth-order valence-corrected chi connectivity index (χ4v) is 4.24. The summed E-state index contributed by atoms with van der Waals surface area (Å²) in [7, 11) is -4.55. The molecule has 0 radical (unpaired) electrons. The van der Waals surface area contributed by atoms with E-state index < -0.39 is 22.3 Å². The van der Waals surface area contributed by atoms with E-state index in [0.717, 1.165) is 11.8 Å². The van der Waals surface area contributed by atoms with Crippen molar-refractivity contribution in [3.63, 3.8) is 0 Å². The summed E-state index contributed by atoms with van der Waals surface area (Å²) < 4.78 is 38.9. The van der Waals surface area contributed by atoms with Crippen LogP contribution in [0.4, 0.5) is 4.79 Å². The Balaban J connectivity index is 0.00000361. The van der Waals surface area contributed by atoms with Crippen molar-refractivity contribution in [3.8, 4) is 11.3 Å². The molecule has 0 saturated carbocycles. The number of pyridine rings is 1. The molecule has 0 spiro atoms. The maximum atomic E-state index is 13.1. The second kappa shape index (κ2) is 12.5. The Morgan fingerprint density at radius 2 is 1.39 bits per heavy atom. The summed E-state index contributed by atoms with van der Waals surface area (Å²) in [6.45, 7) is -0.196. The number of hydrogen-bond donors (Lipinski definition) is 1. The average molecular weight is 516 g/mol. The van der Waals surface area contributed by atoms with Gasteiger partial charge in [0.2, 0.25) is 0 Å². The molecule has 11 heteroatoms. The fraction of sp³-hybridized carbons (Fsp3) is 0.0800. The quantitative estimate of drug-likeness (QED) is 0.283. The Kier molecular flexibility index (Phi) is 9.43. The van der Waals surface area contributed by atoms with Gasteiger partial charge in [-0.15, -0.1) is 0 Å². The van der Waals surface area contributed by atoms with Crippen LogP contribution in [0.25, 0.3) is 11.3 Å². The van der Waals surface area contributed by atoms with Gasteiger partial charge in [0.15, 0.2) is 5.69 Å². The van der Waals surface area contributed by atoms with Crippen LogP contribution in [0.15, 0.2) is 97.3 Å². The first-order valence-electron chi connectivity index (χ1n) is 10.5. The fourth-order valence-electron chi connectivity index (χ4n) is 3.24. The molecule has 0 aliphatic rings. The number of carbonyl (C=O) groups is 2. The van der Waals surface area contributed by atoms with Gasteiger partial charge in [-0.25, -0.2) is 18.3 Å². The summed E-state index contributed by atoms with van der Waals surface area (Å²) in [6, 6.07) is 24.2. The van der Waals surface area contributed by atoms with Gasteiger partial charge in [-0.2, -0.15) is 8.42 Å². The Hall–Kier alpha value is -3.44. The number of hydrogen-bond acceptors (Lipinski definition) is 7. The SMILES string of the molecule is O=C(NS(=O)(=O)n1ccc(-c2ccccn2)c1C(=O)OCc1ccccc1)OCc1ccccc1.[NaH]. The molecule has 2 aromatic heterocycles. The molecule has 9 nitrogen and oxygen atoms in total. The summed E-state index contributed by atoms with van der Waals surface area (Å²) in [5.41, 5.74) is 1.70. The predicted molar refractivity (Wildman–Crippen MR) is 134 cm³/mol. The second-order valence-corrected chi connectivity index (χ2v) is 8.87. The summed E-state index contributed by atoms with van der Waals surface area (Å²) in [6.07, 6.45) is 1.47. The van der Waals surface area contributed by atoms with Crippen LogP contribution < -0.4 is 4.72 Å². The third kappa shape index (κ3) is 6.82. The topological polar surface area (TPSA) is 117 Å². The van der Waals surface area contributed by atoms with E-state index in [-0.39, 0.29) is 54.0 Å². The van der Waals surface area contributed by atoms with Crippen LogP contribution in [0.1, 0.15) is 21.6 Å². The Morgan fingerprint density at radius 3 is 1.97 bits per heavy atom. The minimum atomic E-state index is -4.55. The Bertz CT molecular complexity index is 1410. The van der Waals surface area contributed by atoms with Gasteiger partial charge in [0.25, 0.3) is 0 Å². The van der Waals surface area contributed by atoms with E-state index in [1.165, 1.54) is 12.3 Å². The van der Waals surface area contributed by atoms with E-state index in [1.807, 2.05) is 10.8 Å². The average Bonchev–Trinajstić information content (AvgIpc) is 3.34. The van der Waals surface area contributed by atoms with E-state index >= 15 is 0 Å². The first kappa shape index (κ1) is 27.2. The number of rotatable bonds is 8. The number of esters is 1.